The smallest absolute Gasteiger partial charge is 0.171 e. The predicted molar refractivity (Wildman–Crippen MR) is 68.1 cm³/mol. The molecule has 92 valence electrons. The maximum absolute atomic E-state index is 13.9. The molecule has 3 aromatic rings. The van der Waals surface area contributed by atoms with Crippen LogP contribution in [-0.4, -0.2) is 14.6 Å². The summed E-state index contributed by atoms with van der Waals surface area (Å²) in [5.41, 5.74) is 1.27. The van der Waals surface area contributed by atoms with Crippen LogP contribution in [0.1, 0.15) is 5.56 Å². The summed E-state index contributed by atoms with van der Waals surface area (Å²) in [5, 5.41) is 17.0. The summed E-state index contributed by atoms with van der Waals surface area (Å²) < 4.78 is 15.5. The molecular weight excluding hydrogens is 267 g/mol. The highest BCUT2D eigenvalue weighted by atomic mass is 35.5. The van der Waals surface area contributed by atoms with E-state index in [1.54, 1.807) is 34.9 Å². The van der Waals surface area contributed by atoms with Crippen LogP contribution in [-0.2, 0) is 0 Å². The van der Waals surface area contributed by atoms with Crippen LogP contribution >= 0.6 is 11.6 Å². The summed E-state index contributed by atoms with van der Waals surface area (Å²) in [6.07, 6.45) is 1.64. The highest BCUT2D eigenvalue weighted by molar-refractivity contribution is 6.30. The molecule has 0 aliphatic carbocycles. The van der Waals surface area contributed by atoms with Crippen molar-refractivity contribution in [1.29, 1.82) is 5.26 Å². The van der Waals surface area contributed by atoms with Crippen LogP contribution < -0.4 is 0 Å². The van der Waals surface area contributed by atoms with Crippen molar-refractivity contribution in [3.8, 4) is 17.5 Å². The quantitative estimate of drug-likeness (QED) is 0.684. The molecule has 0 aliphatic rings. The lowest BCUT2D eigenvalue weighted by Crippen LogP contribution is -1.92. The zero-order chi connectivity index (χ0) is 13.4. The molecule has 2 aromatic heterocycles. The maximum Gasteiger partial charge on any atom is 0.171 e. The van der Waals surface area contributed by atoms with Crippen LogP contribution in [0.5, 0.6) is 0 Å². The molecule has 6 heteroatoms. The molecule has 1 aromatic carbocycles. The van der Waals surface area contributed by atoms with E-state index in [9.17, 15) is 4.39 Å². The fraction of sp³-hybridized carbons (Fsp3) is 0. The fourth-order valence-corrected chi connectivity index (χ4v) is 1.97. The highest BCUT2D eigenvalue weighted by Crippen LogP contribution is 2.24. The number of hydrogen-bond acceptors (Lipinski definition) is 3. The zero-order valence-electron chi connectivity index (χ0n) is 9.51. The number of rotatable bonds is 1. The minimum absolute atomic E-state index is 0.307. The largest absolute Gasteiger partial charge is 0.282 e. The first-order chi connectivity index (χ1) is 9.19. The van der Waals surface area contributed by atoms with Gasteiger partial charge in [0.2, 0.25) is 0 Å². The Morgan fingerprint density at radius 1 is 1.21 bits per heavy atom. The molecule has 4 nitrogen and oxygen atoms in total. The first-order valence-electron chi connectivity index (χ1n) is 5.39. The summed E-state index contributed by atoms with van der Waals surface area (Å²) in [6, 6.07) is 9.58. The van der Waals surface area contributed by atoms with E-state index in [-0.39, 0.29) is 0 Å². The van der Waals surface area contributed by atoms with Crippen molar-refractivity contribution in [2.45, 2.75) is 0 Å². The number of fused-ring (bicyclic) bond motifs is 1. The number of aromatic nitrogens is 3. The van der Waals surface area contributed by atoms with E-state index in [1.807, 2.05) is 6.07 Å². The Bertz CT molecular complexity index is 819. The molecule has 0 saturated heterocycles. The van der Waals surface area contributed by atoms with E-state index in [0.717, 1.165) is 0 Å². The summed E-state index contributed by atoms with van der Waals surface area (Å²) in [5.74, 6) is -0.0974. The summed E-state index contributed by atoms with van der Waals surface area (Å²) >= 11 is 5.72. The second kappa shape index (κ2) is 4.34. The van der Waals surface area contributed by atoms with E-state index in [0.29, 0.717) is 27.6 Å². The van der Waals surface area contributed by atoms with Crippen LogP contribution in [0.2, 0.25) is 5.02 Å². The van der Waals surface area contributed by atoms with Gasteiger partial charge >= 0.3 is 0 Å². The minimum atomic E-state index is -0.467. The van der Waals surface area contributed by atoms with Gasteiger partial charge < -0.3 is 0 Å². The molecule has 0 unspecified atom stereocenters. The van der Waals surface area contributed by atoms with Gasteiger partial charge in [0.15, 0.2) is 11.5 Å². The Morgan fingerprint density at radius 2 is 2.05 bits per heavy atom. The van der Waals surface area contributed by atoms with E-state index in [4.69, 9.17) is 16.9 Å². The van der Waals surface area contributed by atoms with Crippen molar-refractivity contribution < 1.29 is 4.39 Å². The second-order valence-electron chi connectivity index (χ2n) is 3.90. The van der Waals surface area contributed by atoms with Crippen LogP contribution in [0.25, 0.3) is 17.0 Å². The molecular formula is C13H6ClFN4. The number of benzene rings is 1. The number of nitrogens with zero attached hydrogens (tertiary/aromatic N) is 4. The van der Waals surface area contributed by atoms with Gasteiger partial charge in [-0.15, -0.1) is 10.2 Å². The average Bonchev–Trinajstić information content (AvgIpc) is 2.81. The third-order valence-electron chi connectivity index (χ3n) is 2.71. The Balaban J connectivity index is 2.23. The molecule has 3 rings (SSSR count). The molecule has 0 saturated carbocycles. The topological polar surface area (TPSA) is 54.0 Å². The fourth-order valence-electron chi connectivity index (χ4n) is 1.81. The standard InChI is InChI=1S/C13H6ClFN4/c14-9-1-2-10(11(15)6-9)13-18-17-12-5-8(7-16)3-4-19(12)13/h1-6H. The second-order valence-corrected chi connectivity index (χ2v) is 4.34. The molecule has 0 bridgehead atoms. The summed E-state index contributed by atoms with van der Waals surface area (Å²) in [7, 11) is 0. The zero-order valence-corrected chi connectivity index (χ0v) is 10.3. The number of pyridine rings is 1. The summed E-state index contributed by atoms with van der Waals surface area (Å²) in [4.78, 5) is 0. The predicted octanol–water partition coefficient (Wildman–Crippen LogP) is 3.06. The van der Waals surface area contributed by atoms with Gasteiger partial charge in [0.25, 0.3) is 0 Å². The molecule has 19 heavy (non-hydrogen) atoms. The Kier molecular flexibility index (Phi) is 2.65. The van der Waals surface area contributed by atoms with Gasteiger partial charge in [-0.25, -0.2) is 4.39 Å². The van der Waals surface area contributed by atoms with Crippen molar-refractivity contribution in [2.75, 3.05) is 0 Å². The molecule has 0 radical (unpaired) electrons. The SMILES string of the molecule is N#Cc1ccn2c(-c3ccc(Cl)cc3F)nnc2c1. The third kappa shape index (κ3) is 1.92. The van der Waals surface area contributed by atoms with E-state index in [1.165, 1.54) is 6.07 Å². The molecule has 0 spiro atoms. The Hall–Kier alpha value is -2.45. The van der Waals surface area contributed by atoms with E-state index >= 15 is 0 Å². The number of halogens is 2. The monoisotopic (exact) mass is 272 g/mol. The molecule has 0 fully saturated rings. The van der Waals surface area contributed by atoms with E-state index in [2.05, 4.69) is 10.2 Å². The Morgan fingerprint density at radius 3 is 2.79 bits per heavy atom. The lowest BCUT2D eigenvalue weighted by atomic mass is 10.2. The molecule has 0 aliphatic heterocycles. The van der Waals surface area contributed by atoms with Gasteiger partial charge in [0, 0.05) is 17.3 Å². The van der Waals surface area contributed by atoms with Crippen molar-refractivity contribution >= 4 is 17.2 Å². The van der Waals surface area contributed by atoms with Gasteiger partial charge in [-0.3, -0.25) is 4.40 Å². The van der Waals surface area contributed by atoms with Crippen LogP contribution in [0.15, 0.2) is 36.5 Å². The highest BCUT2D eigenvalue weighted by Gasteiger charge is 2.13. The third-order valence-corrected chi connectivity index (χ3v) is 2.95. The first-order valence-corrected chi connectivity index (χ1v) is 5.77. The maximum atomic E-state index is 13.9. The summed E-state index contributed by atoms with van der Waals surface area (Å²) in [6.45, 7) is 0. The Labute approximate surface area is 112 Å². The number of nitriles is 1. The molecule has 2 heterocycles. The van der Waals surface area contributed by atoms with Crippen LogP contribution in [0.4, 0.5) is 4.39 Å². The van der Waals surface area contributed by atoms with Gasteiger partial charge in [-0.2, -0.15) is 5.26 Å². The van der Waals surface area contributed by atoms with Crippen LogP contribution in [0.3, 0.4) is 0 Å². The normalized spacial score (nSPS) is 10.6. The van der Waals surface area contributed by atoms with Gasteiger partial charge in [0.1, 0.15) is 5.82 Å². The van der Waals surface area contributed by atoms with Crippen molar-refractivity contribution in [1.82, 2.24) is 14.6 Å². The van der Waals surface area contributed by atoms with Crippen LogP contribution in [0, 0.1) is 17.1 Å². The first kappa shape index (κ1) is 11.6. The van der Waals surface area contributed by atoms with Gasteiger partial charge in [-0.05, 0) is 24.3 Å². The van der Waals surface area contributed by atoms with E-state index < -0.39 is 5.82 Å². The van der Waals surface area contributed by atoms with Crippen molar-refractivity contribution in [3.05, 3.63) is 52.9 Å². The lowest BCUT2D eigenvalue weighted by Gasteiger charge is -2.02. The molecule has 0 atom stereocenters. The average molecular weight is 273 g/mol. The van der Waals surface area contributed by atoms with Gasteiger partial charge in [0.05, 0.1) is 17.2 Å². The van der Waals surface area contributed by atoms with Gasteiger partial charge in [-0.1, -0.05) is 11.6 Å². The van der Waals surface area contributed by atoms with Crippen molar-refractivity contribution in [2.24, 2.45) is 0 Å². The molecule has 0 amide bonds. The minimum Gasteiger partial charge on any atom is -0.282 e. The van der Waals surface area contributed by atoms with Crippen molar-refractivity contribution in [3.63, 3.8) is 0 Å². The lowest BCUT2D eigenvalue weighted by molar-refractivity contribution is 0.630. The molecule has 0 N–H and O–H groups in total. The number of hydrogen-bond donors (Lipinski definition) is 0.